The van der Waals surface area contributed by atoms with Crippen LogP contribution in [0.25, 0.3) is 5.65 Å². The van der Waals surface area contributed by atoms with Crippen LogP contribution in [-0.4, -0.2) is 32.7 Å². The number of hydrogen-bond acceptors (Lipinski definition) is 5. The van der Waals surface area contributed by atoms with Crippen molar-refractivity contribution in [1.29, 1.82) is 0 Å². The predicted molar refractivity (Wildman–Crippen MR) is 117 cm³/mol. The minimum absolute atomic E-state index is 0.163. The Kier molecular flexibility index (Phi) is 5.87. The van der Waals surface area contributed by atoms with Crippen LogP contribution in [0, 0.1) is 0 Å². The lowest BCUT2D eigenvalue weighted by molar-refractivity contribution is 0.531. The molecular weight excluding hydrogens is 366 g/mol. The summed E-state index contributed by atoms with van der Waals surface area (Å²) in [5, 5.41) is 8.75. The zero-order chi connectivity index (χ0) is 19.5. The second-order valence-electron chi connectivity index (χ2n) is 7.80. The molecule has 1 saturated heterocycles. The highest BCUT2D eigenvalue weighted by atomic mass is 32.2. The highest BCUT2D eigenvalue weighted by Crippen LogP contribution is 2.31. The molecule has 0 aliphatic carbocycles. The van der Waals surface area contributed by atoms with Gasteiger partial charge in [0.2, 0.25) is 0 Å². The van der Waals surface area contributed by atoms with E-state index in [1.54, 1.807) is 0 Å². The molecule has 0 unspecified atom stereocenters. The number of nitrogens with zero attached hydrogens (tertiary/aromatic N) is 3. The molecule has 0 amide bonds. The molecule has 1 aliphatic heterocycles. The van der Waals surface area contributed by atoms with Crippen molar-refractivity contribution < 1.29 is 0 Å². The van der Waals surface area contributed by atoms with E-state index in [4.69, 9.17) is 9.97 Å². The number of anilines is 1. The molecule has 2 N–H and O–H groups in total. The average molecular weight is 396 g/mol. The topological polar surface area (TPSA) is 54.2 Å². The smallest absolute Gasteiger partial charge is 0.180 e. The first-order valence-electron chi connectivity index (χ1n) is 10.2. The third kappa shape index (κ3) is 4.18. The Morgan fingerprint density at radius 2 is 1.89 bits per heavy atom. The zero-order valence-electron chi connectivity index (χ0n) is 16.9. The molecule has 0 radical (unpaired) electrons. The number of fused-ring (bicyclic) bond motifs is 1. The monoisotopic (exact) mass is 395 g/mol. The van der Waals surface area contributed by atoms with Gasteiger partial charge in [-0.05, 0) is 44.3 Å². The molecule has 1 fully saturated rings. The highest BCUT2D eigenvalue weighted by molar-refractivity contribution is 7.99. The first-order valence-corrected chi connectivity index (χ1v) is 11.1. The Balaban J connectivity index is 1.68. The molecule has 6 heteroatoms. The summed E-state index contributed by atoms with van der Waals surface area (Å²) in [6.45, 7) is 8.79. The number of thioether (sulfide) groups is 1. The van der Waals surface area contributed by atoms with E-state index in [0.717, 1.165) is 29.6 Å². The van der Waals surface area contributed by atoms with Gasteiger partial charge in [0.05, 0.1) is 6.04 Å². The van der Waals surface area contributed by atoms with Crippen molar-refractivity contribution >= 4 is 23.2 Å². The fourth-order valence-electron chi connectivity index (χ4n) is 3.68. The fourth-order valence-corrected chi connectivity index (χ4v) is 4.80. The summed E-state index contributed by atoms with van der Waals surface area (Å²) in [4.78, 5) is 9.67. The molecule has 0 saturated carbocycles. The van der Waals surface area contributed by atoms with Gasteiger partial charge in [-0.1, -0.05) is 44.2 Å². The van der Waals surface area contributed by atoms with Crippen molar-refractivity contribution in [2.45, 2.75) is 55.8 Å². The Morgan fingerprint density at radius 3 is 2.61 bits per heavy atom. The maximum Gasteiger partial charge on any atom is 0.180 e. The van der Waals surface area contributed by atoms with Gasteiger partial charge in [0.25, 0.3) is 0 Å². The van der Waals surface area contributed by atoms with E-state index in [1.807, 2.05) is 24.0 Å². The lowest BCUT2D eigenvalue weighted by Crippen LogP contribution is -2.29. The molecule has 0 bridgehead atoms. The summed E-state index contributed by atoms with van der Waals surface area (Å²) >= 11 is 1.90. The van der Waals surface area contributed by atoms with Gasteiger partial charge in [-0.3, -0.25) is 4.40 Å². The van der Waals surface area contributed by atoms with E-state index >= 15 is 0 Å². The van der Waals surface area contributed by atoms with Crippen molar-refractivity contribution in [3.05, 3.63) is 54.0 Å². The molecule has 1 aliphatic rings. The summed E-state index contributed by atoms with van der Waals surface area (Å²) in [7, 11) is 0. The Bertz CT molecular complexity index is 915. The molecular formula is C22H29N5S. The molecule has 2 aromatic heterocycles. The zero-order valence-corrected chi connectivity index (χ0v) is 17.7. The SMILES string of the molecule is CC(C)c1cnc2c(N[C@@H](C)c3ccccc3)nc(SC3CCNCC3)cn12. The van der Waals surface area contributed by atoms with Gasteiger partial charge in [-0.25, -0.2) is 9.97 Å². The number of imidazole rings is 1. The molecule has 1 aromatic carbocycles. The molecule has 0 spiro atoms. The molecule has 4 rings (SSSR count). The summed E-state index contributed by atoms with van der Waals surface area (Å²) in [5.74, 6) is 1.27. The van der Waals surface area contributed by atoms with Crippen LogP contribution in [0.1, 0.15) is 56.8 Å². The average Bonchev–Trinajstić information content (AvgIpc) is 3.14. The van der Waals surface area contributed by atoms with Crippen molar-refractivity contribution in [3.63, 3.8) is 0 Å². The first-order chi connectivity index (χ1) is 13.6. The lowest BCUT2D eigenvalue weighted by Gasteiger charge is -2.22. The van der Waals surface area contributed by atoms with E-state index in [1.165, 1.54) is 24.1 Å². The van der Waals surface area contributed by atoms with Crippen LogP contribution in [0.2, 0.25) is 0 Å². The largest absolute Gasteiger partial charge is 0.360 e. The molecule has 3 aromatic rings. The molecule has 28 heavy (non-hydrogen) atoms. The highest BCUT2D eigenvalue weighted by Gasteiger charge is 2.19. The summed E-state index contributed by atoms with van der Waals surface area (Å²) in [6, 6.07) is 10.7. The molecule has 1 atom stereocenters. The lowest BCUT2D eigenvalue weighted by atomic mass is 10.1. The van der Waals surface area contributed by atoms with E-state index in [0.29, 0.717) is 11.2 Å². The van der Waals surface area contributed by atoms with Crippen LogP contribution in [0.5, 0.6) is 0 Å². The van der Waals surface area contributed by atoms with Gasteiger partial charge in [0.15, 0.2) is 11.5 Å². The third-order valence-electron chi connectivity index (χ3n) is 5.32. The van der Waals surface area contributed by atoms with Crippen LogP contribution < -0.4 is 10.6 Å². The summed E-state index contributed by atoms with van der Waals surface area (Å²) < 4.78 is 2.22. The van der Waals surface area contributed by atoms with E-state index in [2.05, 4.69) is 66.3 Å². The van der Waals surface area contributed by atoms with Gasteiger partial charge in [-0.2, -0.15) is 0 Å². The number of benzene rings is 1. The van der Waals surface area contributed by atoms with Crippen molar-refractivity contribution in [2.24, 2.45) is 0 Å². The van der Waals surface area contributed by atoms with Crippen molar-refractivity contribution in [2.75, 3.05) is 18.4 Å². The minimum atomic E-state index is 0.163. The Morgan fingerprint density at radius 1 is 1.14 bits per heavy atom. The quantitative estimate of drug-likeness (QED) is 0.624. The maximum atomic E-state index is 4.98. The van der Waals surface area contributed by atoms with E-state index in [9.17, 15) is 0 Å². The van der Waals surface area contributed by atoms with Crippen LogP contribution in [0.15, 0.2) is 47.8 Å². The number of hydrogen-bond donors (Lipinski definition) is 2. The van der Waals surface area contributed by atoms with Gasteiger partial charge < -0.3 is 10.6 Å². The van der Waals surface area contributed by atoms with E-state index < -0.39 is 0 Å². The van der Waals surface area contributed by atoms with Gasteiger partial charge in [0.1, 0.15) is 5.03 Å². The van der Waals surface area contributed by atoms with Gasteiger partial charge >= 0.3 is 0 Å². The fraction of sp³-hybridized carbons (Fsp3) is 0.455. The van der Waals surface area contributed by atoms with Gasteiger partial charge in [-0.15, -0.1) is 11.8 Å². The van der Waals surface area contributed by atoms with Crippen LogP contribution in [-0.2, 0) is 0 Å². The second kappa shape index (κ2) is 8.53. The predicted octanol–water partition coefficient (Wildman–Crippen LogP) is 4.87. The maximum absolute atomic E-state index is 4.98. The second-order valence-corrected chi connectivity index (χ2v) is 9.12. The van der Waals surface area contributed by atoms with Crippen LogP contribution in [0.4, 0.5) is 5.82 Å². The number of piperidine rings is 1. The van der Waals surface area contributed by atoms with Crippen LogP contribution >= 0.6 is 11.8 Å². The molecule has 148 valence electrons. The van der Waals surface area contributed by atoms with Crippen molar-refractivity contribution in [3.8, 4) is 0 Å². The normalized spacial score (nSPS) is 16.6. The van der Waals surface area contributed by atoms with Gasteiger partial charge in [0, 0.05) is 23.3 Å². The Hall–Kier alpha value is -2.05. The summed E-state index contributed by atoms with van der Waals surface area (Å²) in [5.41, 5.74) is 3.37. The van der Waals surface area contributed by atoms with E-state index in [-0.39, 0.29) is 6.04 Å². The standard InChI is InChI=1S/C22H29N5S/c1-15(2)19-13-24-22-21(25-16(3)17-7-5-4-6-8-17)26-20(14-27(19)22)28-18-9-11-23-12-10-18/h4-8,13-16,18,23H,9-12H2,1-3H3,(H,25,26)/t16-/m0/s1. The third-order valence-corrected chi connectivity index (χ3v) is 6.56. The molecule has 3 heterocycles. The Labute approximate surface area is 171 Å². The number of rotatable bonds is 6. The van der Waals surface area contributed by atoms with Crippen molar-refractivity contribution in [1.82, 2.24) is 19.7 Å². The number of aromatic nitrogens is 3. The number of nitrogens with one attached hydrogen (secondary N) is 2. The first kappa shape index (κ1) is 19.3. The minimum Gasteiger partial charge on any atom is -0.360 e. The molecule has 5 nitrogen and oxygen atoms in total. The van der Waals surface area contributed by atoms with Crippen LogP contribution in [0.3, 0.4) is 0 Å². The summed E-state index contributed by atoms with van der Waals surface area (Å²) in [6.07, 6.45) is 6.53.